The Morgan fingerprint density at radius 1 is 1.14 bits per heavy atom. The van der Waals surface area contributed by atoms with Gasteiger partial charge in [0.05, 0.1) is 0 Å². The van der Waals surface area contributed by atoms with E-state index in [1.165, 1.54) is 0 Å². The summed E-state index contributed by atoms with van der Waals surface area (Å²) in [6.45, 7) is 12.8. The van der Waals surface area contributed by atoms with Crippen molar-refractivity contribution in [1.29, 1.82) is 0 Å². The molecule has 0 aliphatic carbocycles. The second kappa shape index (κ2) is 4.81. The first-order valence-electron chi connectivity index (χ1n) is 5.53. The molecule has 0 fully saturated rings. The van der Waals surface area contributed by atoms with Crippen LogP contribution in [0.15, 0.2) is 0 Å². The Balaban J connectivity index is 4.40. The van der Waals surface area contributed by atoms with Gasteiger partial charge in [-0.15, -0.1) is 0 Å². The predicted molar refractivity (Wildman–Crippen MR) is 61.2 cm³/mol. The van der Waals surface area contributed by atoms with Crippen molar-refractivity contribution in [2.75, 3.05) is 0 Å². The molecule has 0 rings (SSSR count). The number of hydrogen-bond acceptors (Lipinski definition) is 1. The molecule has 1 amide bonds. The molecule has 0 aromatic rings. The van der Waals surface area contributed by atoms with Crippen LogP contribution in [-0.2, 0) is 4.79 Å². The lowest BCUT2D eigenvalue weighted by molar-refractivity contribution is -0.122. The van der Waals surface area contributed by atoms with Gasteiger partial charge in [-0.3, -0.25) is 4.79 Å². The van der Waals surface area contributed by atoms with Gasteiger partial charge >= 0.3 is 0 Å². The molecular formula is C12H25NO. The fourth-order valence-electron chi connectivity index (χ4n) is 1.85. The second-order valence-electron chi connectivity index (χ2n) is 5.55. The first-order chi connectivity index (χ1) is 6.22. The Bertz CT molecular complexity index is 193. The highest BCUT2D eigenvalue weighted by Crippen LogP contribution is 2.29. The normalized spacial score (nSPS) is 16.1. The highest BCUT2D eigenvalue weighted by atomic mass is 16.1. The number of amides is 1. The second-order valence-corrected chi connectivity index (χ2v) is 5.55. The van der Waals surface area contributed by atoms with Crippen molar-refractivity contribution in [2.45, 2.75) is 66.3 Å². The average Bonchev–Trinajstić information content (AvgIpc) is 2.00. The lowest BCUT2D eigenvalue weighted by Crippen LogP contribution is -2.47. The zero-order chi connectivity index (χ0) is 11.4. The number of rotatable bonds is 4. The number of carbonyl (C=O) groups excluding carboxylic acids is 1. The predicted octanol–water partition coefficient (Wildman–Crippen LogP) is 3.12. The fraction of sp³-hybridized carbons (Fsp3) is 0.917. The van der Waals surface area contributed by atoms with Crippen LogP contribution in [0, 0.1) is 5.41 Å². The average molecular weight is 199 g/mol. The van der Waals surface area contributed by atoms with Crippen LogP contribution in [0.3, 0.4) is 0 Å². The number of carbonyl (C=O) groups is 1. The smallest absolute Gasteiger partial charge is 0.220 e. The van der Waals surface area contributed by atoms with Gasteiger partial charge in [0.25, 0.3) is 0 Å². The van der Waals surface area contributed by atoms with Gasteiger partial charge in [0.1, 0.15) is 0 Å². The molecule has 0 saturated heterocycles. The van der Waals surface area contributed by atoms with E-state index in [4.69, 9.17) is 0 Å². The SMILES string of the molecule is CCC(=O)NC(C)(CC)CC(C)(C)C. The first kappa shape index (κ1) is 13.5. The molecule has 0 radical (unpaired) electrons. The minimum Gasteiger partial charge on any atom is -0.351 e. The molecule has 0 aliphatic heterocycles. The van der Waals surface area contributed by atoms with Gasteiger partial charge < -0.3 is 5.32 Å². The molecule has 0 aromatic carbocycles. The van der Waals surface area contributed by atoms with Crippen molar-refractivity contribution in [1.82, 2.24) is 5.32 Å². The van der Waals surface area contributed by atoms with Gasteiger partial charge in [-0.2, -0.15) is 0 Å². The monoisotopic (exact) mass is 199 g/mol. The molecule has 2 nitrogen and oxygen atoms in total. The van der Waals surface area contributed by atoms with E-state index >= 15 is 0 Å². The number of nitrogens with one attached hydrogen (secondary N) is 1. The van der Waals surface area contributed by atoms with Crippen LogP contribution in [0.4, 0.5) is 0 Å². The van der Waals surface area contributed by atoms with Crippen LogP contribution in [-0.4, -0.2) is 11.4 Å². The zero-order valence-electron chi connectivity index (χ0n) is 10.5. The molecule has 0 heterocycles. The van der Waals surface area contributed by atoms with Crippen molar-refractivity contribution in [3.63, 3.8) is 0 Å². The maximum Gasteiger partial charge on any atom is 0.220 e. The minimum atomic E-state index is -0.0503. The van der Waals surface area contributed by atoms with Crippen LogP contribution in [0.1, 0.15) is 60.8 Å². The Labute approximate surface area is 88.5 Å². The summed E-state index contributed by atoms with van der Waals surface area (Å²) in [5, 5.41) is 3.11. The number of hydrogen-bond donors (Lipinski definition) is 1. The highest BCUT2D eigenvalue weighted by Gasteiger charge is 2.29. The van der Waals surface area contributed by atoms with E-state index in [-0.39, 0.29) is 16.9 Å². The summed E-state index contributed by atoms with van der Waals surface area (Å²) >= 11 is 0. The van der Waals surface area contributed by atoms with Crippen molar-refractivity contribution in [2.24, 2.45) is 5.41 Å². The lowest BCUT2D eigenvalue weighted by atomic mass is 9.79. The van der Waals surface area contributed by atoms with E-state index in [1.54, 1.807) is 0 Å². The summed E-state index contributed by atoms with van der Waals surface area (Å²) < 4.78 is 0. The standard InChI is InChI=1S/C12H25NO/c1-7-10(14)13-12(6,8-2)9-11(3,4)5/h7-9H2,1-6H3,(H,13,14). The molecule has 0 saturated carbocycles. The van der Waals surface area contributed by atoms with Crippen LogP contribution in [0.2, 0.25) is 0 Å². The third-order valence-corrected chi connectivity index (χ3v) is 2.46. The van der Waals surface area contributed by atoms with Crippen LogP contribution in [0.5, 0.6) is 0 Å². The van der Waals surface area contributed by atoms with E-state index < -0.39 is 0 Å². The van der Waals surface area contributed by atoms with Gasteiger partial charge in [-0.25, -0.2) is 0 Å². The summed E-state index contributed by atoms with van der Waals surface area (Å²) in [4.78, 5) is 11.4. The quantitative estimate of drug-likeness (QED) is 0.740. The Morgan fingerprint density at radius 3 is 1.93 bits per heavy atom. The molecule has 84 valence electrons. The molecule has 14 heavy (non-hydrogen) atoms. The van der Waals surface area contributed by atoms with Crippen molar-refractivity contribution in [3.8, 4) is 0 Å². The molecular weight excluding hydrogens is 174 g/mol. The van der Waals surface area contributed by atoms with E-state index in [0.29, 0.717) is 6.42 Å². The van der Waals surface area contributed by atoms with E-state index in [0.717, 1.165) is 12.8 Å². The van der Waals surface area contributed by atoms with Gasteiger partial charge in [-0.1, -0.05) is 34.6 Å². The first-order valence-corrected chi connectivity index (χ1v) is 5.53. The van der Waals surface area contributed by atoms with Crippen molar-refractivity contribution in [3.05, 3.63) is 0 Å². The summed E-state index contributed by atoms with van der Waals surface area (Å²) in [5.41, 5.74) is 0.205. The Morgan fingerprint density at radius 2 is 1.64 bits per heavy atom. The van der Waals surface area contributed by atoms with Gasteiger partial charge in [0, 0.05) is 12.0 Å². The molecule has 2 heteroatoms. The van der Waals surface area contributed by atoms with Crippen LogP contribution < -0.4 is 5.32 Å². The topological polar surface area (TPSA) is 29.1 Å². The maximum atomic E-state index is 11.4. The minimum absolute atomic E-state index is 0.0503. The molecule has 0 aliphatic rings. The summed E-state index contributed by atoms with van der Waals surface area (Å²) in [5.74, 6) is 0.151. The largest absolute Gasteiger partial charge is 0.351 e. The van der Waals surface area contributed by atoms with Crippen LogP contribution >= 0.6 is 0 Å². The van der Waals surface area contributed by atoms with Crippen molar-refractivity contribution >= 4 is 5.91 Å². The lowest BCUT2D eigenvalue weighted by Gasteiger charge is -2.35. The molecule has 0 bridgehead atoms. The third kappa shape index (κ3) is 5.25. The highest BCUT2D eigenvalue weighted by molar-refractivity contribution is 5.76. The molecule has 0 spiro atoms. The van der Waals surface area contributed by atoms with Crippen LogP contribution in [0.25, 0.3) is 0 Å². The van der Waals surface area contributed by atoms with Gasteiger partial charge in [-0.05, 0) is 25.2 Å². The van der Waals surface area contributed by atoms with E-state index in [9.17, 15) is 4.79 Å². The molecule has 0 aromatic heterocycles. The van der Waals surface area contributed by atoms with Gasteiger partial charge in [0.15, 0.2) is 0 Å². The molecule has 1 unspecified atom stereocenters. The van der Waals surface area contributed by atoms with Gasteiger partial charge in [0.2, 0.25) is 5.91 Å². The summed E-state index contributed by atoms with van der Waals surface area (Å²) in [6, 6.07) is 0. The Hall–Kier alpha value is -0.530. The Kier molecular flexibility index (Phi) is 4.63. The van der Waals surface area contributed by atoms with Crippen molar-refractivity contribution < 1.29 is 4.79 Å². The fourth-order valence-corrected chi connectivity index (χ4v) is 1.85. The zero-order valence-corrected chi connectivity index (χ0v) is 10.5. The molecule has 1 N–H and O–H groups in total. The van der Waals surface area contributed by atoms with E-state index in [1.807, 2.05) is 6.92 Å². The summed E-state index contributed by atoms with van der Waals surface area (Å²) in [7, 11) is 0. The van der Waals surface area contributed by atoms with E-state index in [2.05, 4.69) is 39.9 Å². The summed E-state index contributed by atoms with van der Waals surface area (Å²) in [6.07, 6.45) is 2.57. The molecule has 1 atom stereocenters. The maximum absolute atomic E-state index is 11.4. The third-order valence-electron chi connectivity index (χ3n) is 2.46.